The van der Waals surface area contributed by atoms with E-state index in [0.29, 0.717) is 0 Å². The van der Waals surface area contributed by atoms with Crippen molar-refractivity contribution in [3.8, 4) is 27.9 Å². The van der Waals surface area contributed by atoms with E-state index in [1.807, 2.05) is 17.5 Å². The first-order valence-corrected chi connectivity index (χ1v) is 17.4. The van der Waals surface area contributed by atoms with Crippen LogP contribution in [0.25, 0.3) is 86.6 Å². The molecule has 0 fully saturated rings. The van der Waals surface area contributed by atoms with E-state index in [1.165, 1.54) is 81.2 Å². The molecule has 0 spiro atoms. The molecular weight excluding hydrogens is 603 g/mol. The quantitative estimate of drug-likeness (QED) is 0.186. The van der Waals surface area contributed by atoms with Crippen LogP contribution in [-0.2, 0) is 5.41 Å². The van der Waals surface area contributed by atoms with Crippen LogP contribution < -0.4 is 0 Å². The van der Waals surface area contributed by atoms with Crippen LogP contribution >= 0.6 is 11.3 Å². The molecule has 0 bridgehead atoms. The summed E-state index contributed by atoms with van der Waals surface area (Å²) in [5.74, 6) is 0. The van der Waals surface area contributed by atoms with Gasteiger partial charge in [-0.25, -0.2) is 0 Å². The lowest BCUT2D eigenvalue weighted by molar-refractivity contribution is 0.661. The van der Waals surface area contributed by atoms with Crippen LogP contribution in [0.3, 0.4) is 0 Å². The minimum absolute atomic E-state index is 0.0595. The lowest BCUT2D eigenvalue weighted by atomic mass is 9.82. The van der Waals surface area contributed by atoms with Crippen molar-refractivity contribution in [1.29, 1.82) is 0 Å². The molecule has 0 atom stereocenters. The summed E-state index contributed by atoms with van der Waals surface area (Å²) in [6, 6.07) is 49.1. The molecule has 6 aromatic carbocycles. The highest BCUT2D eigenvalue weighted by Gasteiger charge is 2.36. The molecule has 4 heterocycles. The topological polar surface area (TPSA) is 22.2 Å². The van der Waals surface area contributed by atoms with Gasteiger partial charge in [-0.05, 0) is 76.3 Å². The lowest BCUT2D eigenvalue weighted by Gasteiger charge is -2.21. The van der Waals surface area contributed by atoms with Crippen LogP contribution in [0.2, 0.25) is 0 Å². The van der Waals surface area contributed by atoms with Crippen molar-refractivity contribution in [2.75, 3.05) is 0 Å². The number of benzene rings is 6. The van der Waals surface area contributed by atoms with Gasteiger partial charge in [-0.3, -0.25) is 4.98 Å². The smallest absolute Gasteiger partial charge is 0.109 e. The highest BCUT2D eigenvalue weighted by Crippen LogP contribution is 2.52. The number of aromatic nitrogens is 3. The minimum atomic E-state index is -0.0595. The number of hydrogen-bond donors (Lipinski definition) is 0. The number of fused-ring (bicyclic) bond motifs is 13. The van der Waals surface area contributed by atoms with E-state index in [9.17, 15) is 0 Å². The second kappa shape index (κ2) is 9.21. The van der Waals surface area contributed by atoms with Crippen LogP contribution in [0.5, 0.6) is 0 Å². The van der Waals surface area contributed by atoms with E-state index >= 15 is 0 Å². The standard InChI is InChI=1S/C44H29N3S/c1-44(2)33-17-6-3-14-28(33)31-24-38-32(23-34(31)44)42-30-16-5-10-21-40(30)48-43(42)46(38)27-13-11-12-26(22-27)41-29-15-4-8-19-36(29)47-37-20-9-7-18-35(37)45-25-39(41)47/h3-25H,1-2H3. The van der Waals surface area contributed by atoms with Crippen LogP contribution in [0.4, 0.5) is 0 Å². The average Bonchev–Trinajstić information content (AvgIpc) is 3.82. The number of nitrogens with zero attached hydrogens (tertiary/aromatic N) is 3. The summed E-state index contributed by atoms with van der Waals surface area (Å²) in [6.07, 6.45) is 2.04. The first kappa shape index (κ1) is 26.4. The Morgan fingerprint density at radius 3 is 2.27 bits per heavy atom. The molecule has 0 radical (unpaired) electrons. The summed E-state index contributed by atoms with van der Waals surface area (Å²) in [4.78, 5) is 6.20. The molecule has 48 heavy (non-hydrogen) atoms. The van der Waals surface area contributed by atoms with Crippen molar-refractivity contribution in [1.82, 2.24) is 14.0 Å². The van der Waals surface area contributed by atoms with Gasteiger partial charge in [-0.15, -0.1) is 11.3 Å². The van der Waals surface area contributed by atoms with Crippen molar-refractivity contribution >= 4 is 70.0 Å². The Bertz CT molecular complexity index is 2990. The third kappa shape index (κ3) is 3.30. The van der Waals surface area contributed by atoms with E-state index in [1.54, 1.807) is 0 Å². The zero-order chi connectivity index (χ0) is 31.7. The monoisotopic (exact) mass is 631 g/mol. The molecule has 0 unspecified atom stereocenters. The maximum absolute atomic E-state index is 4.91. The molecule has 226 valence electrons. The van der Waals surface area contributed by atoms with Gasteiger partial charge in [0.1, 0.15) is 4.83 Å². The summed E-state index contributed by atoms with van der Waals surface area (Å²) in [7, 11) is 0. The summed E-state index contributed by atoms with van der Waals surface area (Å²) >= 11 is 1.89. The third-order valence-electron chi connectivity index (χ3n) is 10.7. The van der Waals surface area contributed by atoms with Gasteiger partial charge in [0, 0.05) is 42.9 Å². The van der Waals surface area contributed by atoms with E-state index < -0.39 is 0 Å². The van der Waals surface area contributed by atoms with Crippen LogP contribution in [-0.4, -0.2) is 14.0 Å². The molecule has 3 nitrogen and oxygen atoms in total. The fourth-order valence-electron chi connectivity index (χ4n) is 8.58. The summed E-state index contributed by atoms with van der Waals surface area (Å²) in [5, 5.41) is 5.23. The lowest BCUT2D eigenvalue weighted by Crippen LogP contribution is -2.14. The minimum Gasteiger partial charge on any atom is -0.306 e. The molecule has 11 rings (SSSR count). The van der Waals surface area contributed by atoms with Crippen molar-refractivity contribution in [3.63, 3.8) is 0 Å². The third-order valence-corrected chi connectivity index (χ3v) is 11.9. The number of para-hydroxylation sites is 3. The predicted molar refractivity (Wildman–Crippen MR) is 203 cm³/mol. The summed E-state index contributed by atoms with van der Waals surface area (Å²) in [6.45, 7) is 4.74. The first-order chi connectivity index (χ1) is 23.6. The number of thiophene rings is 1. The number of rotatable bonds is 2. The van der Waals surface area contributed by atoms with Crippen molar-refractivity contribution in [2.45, 2.75) is 19.3 Å². The van der Waals surface area contributed by atoms with Gasteiger partial charge >= 0.3 is 0 Å². The predicted octanol–water partition coefficient (Wildman–Crippen LogP) is 11.9. The Morgan fingerprint density at radius 1 is 0.583 bits per heavy atom. The molecule has 10 aromatic rings. The molecular formula is C44H29N3S. The molecule has 0 N–H and O–H groups in total. The highest BCUT2D eigenvalue weighted by molar-refractivity contribution is 7.25. The fourth-order valence-corrected chi connectivity index (χ4v) is 9.83. The molecule has 1 aliphatic carbocycles. The van der Waals surface area contributed by atoms with Gasteiger partial charge in [0.25, 0.3) is 0 Å². The van der Waals surface area contributed by atoms with Crippen LogP contribution in [0.15, 0.2) is 140 Å². The highest BCUT2D eigenvalue weighted by atomic mass is 32.1. The SMILES string of the molecule is CC1(C)c2ccccc2-c2cc3c(cc21)c1c2ccccc2sc1n3-c1cccc(-c2c3ccccc3n3c2cnc2ccccc23)c1. The zero-order valence-corrected chi connectivity index (χ0v) is 27.3. The molecule has 0 saturated heterocycles. The van der Waals surface area contributed by atoms with Crippen molar-refractivity contribution in [2.24, 2.45) is 0 Å². The fraction of sp³-hybridized carbons (Fsp3) is 0.0682. The molecule has 0 aliphatic heterocycles. The Hall–Kier alpha value is -5.71. The maximum atomic E-state index is 4.91. The van der Waals surface area contributed by atoms with E-state index in [2.05, 4.69) is 156 Å². The van der Waals surface area contributed by atoms with Gasteiger partial charge in [0.15, 0.2) is 0 Å². The molecule has 4 aromatic heterocycles. The summed E-state index contributed by atoms with van der Waals surface area (Å²) < 4.78 is 6.21. The largest absolute Gasteiger partial charge is 0.306 e. The van der Waals surface area contributed by atoms with Crippen molar-refractivity contribution in [3.05, 3.63) is 151 Å². The van der Waals surface area contributed by atoms with E-state index in [0.717, 1.165) is 16.6 Å². The van der Waals surface area contributed by atoms with E-state index in [4.69, 9.17) is 4.98 Å². The Balaban J connectivity index is 1.23. The van der Waals surface area contributed by atoms with Crippen LogP contribution in [0.1, 0.15) is 25.0 Å². The second-order valence-corrected chi connectivity index (χ2v) is 14.6. The average molecular weight is 632 g/mol. The Labute approximate surface area is 280 Å². The molecule has 0 amide bonds. The van der Waals surface area contributed by atoms with Crippen LogP contribution in [0, 0.1) is 0 Å². The maximum Gasteiger partial charge on any atom is 0.109 e. The molecule has 4 heteroatoms. The zero-order valence-electron chi connectivity index (χ0n) is 26.5. The Morgan fingerprint density at radius 2 is 1.35 bits per heavy atom. The normalized spacial score (nSPS) is 13.8. The molecule has 1 aliphatic rings. The molecule has 0 saturated carbocycles. The van der Waals surface area contributed by atoms with Crippen molar-refractivity contribution < 1.29 is 0 Å². The van der Waals surface area contributed by atoms with E-state index in [-0.39, 0.29) is 5.41 Å². The number of hydrogen-bond acceptors (Lipinski definition) is 2. The first-order valence-electron chi connectivity index (χ1n) is 16.6. The summed E-state index contributed by atoms with van der Waals surface area (Å²) in [5.41, 5.74) is 14.7. The second-order valence-electron chi connectivity index (χ2n) is 13.6. The van der Waals surface area contributed by atoms with Gasteiger partial charge in [0.2, 0.25) is 0 Å². The van der Waals surface area contributed by atoms with Gasteiger partial charge in [-0.2, -0.15) is 0 Å². The van der Waals surface area contributed by atoms with Gasteiger partial charge in [0.05, 0.1) is 33.8 Å². The van der Waals surface area contributed by atoms with Gasteiger partial charge in [-0.1, -0.05) is 98.8 Å². The van der Waals surface area contributed by atoms with Gasteiger partial charge < -0.3 is 8.97 Å². The Kier molecular flexibility index (Phi) is 5.06.